The van der Waals surface area contributed by atoms with Crippen LogP contribution in [0, 0.1) is 17.5 Å². The van der Waals surface area contributed by atoms with E-state index in [1.807, 2.05) is 0 Å². The van der Waals surface area contributed by atoms with Gasteiger partial charge in [0.05, 0.1) is 0 Å². The lowest BCUT2D eigenvalue weighted by atomic mass is 10.0. The Kier molecular flexibility index (Phi) is 5.92. The molecule has 0 radical (unpaired) electrons. The SMILES string of the molecule is CCOCc1nnc2c(C(F)(F)F)c(C(C)(S)Oc3c(F)cc(F)cc3F)ccn12. The highest BCUT2D eigenvalue weighted by Crippen LogP contribution is 2.43. The zero-order valence-corrected chi connectivity index (χ0v) is 16.5. The van der Waals surface area contributed by atoms with Gasteiger partial charge in [-0.25, -0.2) is 13.2 Å². The maximum absolute atomic E-state index is 14.0. The van der Waals surface area contributed by atoms with Gasteiger partial charge in [0.2, 0.25) is 0 Å². The molecule has 2 aromatic heterocycles. The summed E-state index contributed by atoms with van der Waals surface area (Å²) in [6.45, 7) is 3.02. The van der Waals surface area contributed by atoms with E-state index < -0.39 is 51.1 Å². The highest BCUT2D eigenvalue weighted by molar-refractivity contribution is 7.81. The second kappa shape index (κ2) is 7.99. The first kappa shape index (κ1) is 22.2. The highest BCUT2D eigenvalue weighted by atomic mass is 32.1. The predicted molar refractivity (Wildman–Crippen MR) is 96.6 cm³/mol. The van der Waals surface area contributed by atoms with Gasteiger partial charge in [-0.1, -0.05) is 0 Å². The van der Waals surface area contributed by atoms with Gasteiger partial charge in [-0.2, -0.15) is 13.2 Å². The molecule has 162 valence electrons. The number of halogens is 6. The molecule has 0 fully saturated rings. The first-order chi connectivity index (χ1) is 14.0. The molecule has 0 saturated heterocycles. The van der Waals surface area contributed by atoms with Crippen LogP contribution in [0.4, 0.5) is 26.3 Å². The maximum atomic E-state index is 14.0. The minimum atomic E-state index is -4.93. The smallest absolute Gasteiger partial charge is 0.420 e. The van der Waals surface area contributed by atoms with Crippen molar-refractivity contribution in [2.75, 3.05) is 6.61 Å². The van der Waals surface area contributed by atoms with E-state index >= 15 is 0 Å². The van der Waals surface area contributed by atoms with Crippen LogP contribution in [0.15, 0.2) is 24.4 Å². The number of alkyl halides is 3. The molecule has 0 bridgehead atoms. The van der Waals surface area contributed by atoms with Crippen molar-refractivity contribution in [3.05, 3.63) is 58.8 Å². The van der Waals surface area contributed by atoms with Crippen LogP contribution in [0.3, 0.4) is 0 Å². The summed E-state index contributed by atoms with van der Waals surface area (Å²) < 4.78 is 94.2. The van der Waals surface area contributed by atoms with Crippen LogP contribution in [-0.4, -0.2) is 21.2 Å². The lowest BCUT2D eigenvalue weighted by molar-refractivity contribution is -0.138. The molecule has 2 heterocycles. The normalized spacial score (nSPS) is 14.2. The summed E-state index contributed by atoms with van der Waals surface area (Å²) in [5.41, 5.74) is -2.37. The summed E-state index contributed by atoms with van der Waals surface area (Å²) in [5.74, 6) is -5.00. The monoisotopic (exact) mass is 451 g/mol. The average molecular weight is 451 g/mol. The summed E-state index contributed by atoms with van der Waals surface area (Å²) in [6.07, 6.45) is -3.69. The van der Waals surface area contributed by atoms with Crippen LogP contribution in [0.2, 0.25) is 0 Å². The summed E-state index contributed by atoms with van der Waals surface area (Å²) in [7, 11) is 0. The van der Waals surface area contributed by atoms with E-state index in [9.17, 15) is 26.3 Å². The van der Waals surface area contributed by atoms with Gasteiger partial charge in [-0.05, 0) is 19.9 Å². The molecule has 0 saturated carbocycles. The molecule has 0 N–H and O–H groups in total. The minimum absolute atomic E-state index is 0.0744. The second-order valence-corrected chi connectivity index (χ2v) is 7.19. The molecular weight excluding hydrogens is 436 g/mol. The van der Waals surface area contributed by atoms with Gasteiger partial charge in [0.1, 0.15) is 18.0 Å². The fourth-order valence-electron chi connectivity index (χ4n) is 2.84. The fraction of sp³-hybridized carbons (Fsp3) is 0.333. The fourth-order valence-corrected chi connectivity index (χ4v) is 3.12. The number of benzene rings is 1. The van der Waals surface area contributed by atoms with Gasteiger partial charge < -0.3 is 9.47 Å². The molecule has 3 rings (SSSR count). The van der Waals surface area contributed by atoms with E-state index in [4.69, 9.17) is 9.47 Å². The van der Waals surface area contributed by atoms with E-state index in [2.05, 4.69) is 22.8 Å². The number of rotatable bonds is 6. The lowest BCUT2D eigenvalue weighted by Gasteiger charge is -2.29. The summed E-state index contributed by atoms with van der Waals surface area (Å²) in [4.78, 5) is -2.17. The maximum Gasteiger partial charge on any atom is 0.420 e. The van der Waals surface area contributed by atoms with Crippen molar-refractivity contribution in [2.24, 2.45) is 0 Å². The van der Waals surface area contributed by atoms with Crippen molar-refractivity contribution >= 4 is 18.3 Å². The predicted octanol–water partition coefficient (Wildman–Crippen LogP) is 4.88. The van der Waals surface area contributed by atoms with Crippen molar-refractivity contribution in [3.63, 3.8) is 0 Å². The zero-order chi connectivity index (χ0) is 22.3. The molecule has 12 heteroatoms. The first-order valence-corrected chi connectivity index (χ1v) is 8.98. The topological polar surface area (TPSA) is 48.7 Å². The van der Waals surface area contributed by atoms with Gasteiger partial charge in [-0.3, -0.25) is 4.40 Å². The first-order valence-electron chi connectivity index (χ1n) is 8.53. The summed E-state index contributed by atoms with van der Waals surface area (Å²) in [5, 5.41) is 7.30. The Hall–Kier alpha value is -2.47. The standard InChI is InChI=1S/C18H15F6N3O2S/c1-3-28-8-13-25-26-16-14(18(22,23)24)10(4-5-27(13)16)17(2,30)29-15-11(20)6-9(19)7-12(15)21/h4-7,30H,3,8H2,1-2H3. The molecule has 0 amide bonds. The van der Waals surface area contributed by atoms with Crippen LogP contribution in [0.1, 0.15) is 30.8 Å². The second-order valence-electron chi connectivity index (χ2n) is 6.33. The Morgan fingerprint density at radius 2 is 1.73 bits per heavy atom. The van der Waals surface area contributed by atoms with Crippen LogP contribution in [0.25, 0.3) is 5.65 Å². The number of fused-ring (bicyclic) bond motifs is 1. The Morgan fingerprint density at radius 3 is 2.30 bits per heavy atom. The van der Waals surface area contributed by atoms with Crippen LogP contribution in [-0.2, 0) is 22.5 Å². The van der Waals surface area contributed by atoms with Crippen molar-refractivity contribution in [1.29, 1.82) is 0 Å². The number of hydrogen-bond acceptors (Lipinski definition) is 5. The third kappa shape index (κ3) is 4.19. The van der Waals surface area contributed by atoms with E-state index in [1.54, 1.807) is 6.92 Å². The number of thiol groups is 1. The molecule has 1 unspecified atom stereocenters. The van der Waals surface area contributed by atoms with Gasteiger partial charge in [-0.15, -0.1) is 22.8 Å². The number of pyridine rings is 1. The van der Waals surface area contributed by atoms with Gasteiger partial charge >= 0.3 is 6.18 Å². The Bertz CT molecular complexity index is 1060. The van der Waals surface area contributed by atoms with E-state index in [1.165, 1.54) is 6.20 Å². The molecular formula is C18H15F6N3O2S. The van der Waals surface area contributed by atoms with E-state index in [0.717, 1.165) is 17.4 Å². The van der Waals surface area contributed by atoms with Gasteiger partial charge in [0.15, 0.2) is 33.8 Å². The number of hydrogen-bond donors (Lipinski definition) is 1. The Morgan fingerprint density at radius 1 is 1.10 bits per heavy atom. The van der Waals surface area contributed by atoms with Gasteiger partial charge in [0.25, 0.3) is 0 Å². The van der Waals surface area contributed by atoms with Crippen molar-refractivity contribution < 1.29 is 35.8 Å². The van der Waals surface area contributed by atoms with Crippen LogP contribution < -0.4 is 4.74 Å². The number of nitrogens with zero attached hydrogens (tertiary/aromatic N) is 3. The zero-order valence-electron chi connectivity index (χ0n) is 15.6. The molecule has 5 nitrogen and oxygen atoms in total. The molecule has 0 aliphatic carbocycles. The largest absolute Gasteiger partial charge is 0.467 e. The molecule has 0 spiro atoms. The number of aromatic nitrogens is 3. The van der Waals surface area contributed by atoms with Crippen molar-refractivity contribution in [1.82, 2.24) is 14.6 Å². The molecule has 1 aromatic carbocycles. The third-order valence-electron chi connectivity index (χ3n) is 4.13. The Labute approximate surface area is 172 Å². The van der Waals surface area contributed by atoms with E-state index in [-0.39, 0.29) is 12.4 Å². The average Bonchev–Trinajstić information content (AvgIpc) is 3.04. The van der Waals surface area contributed by atoms with Crippen molar-refractivity contribution in [2.45, 2.75) is 31.6 Å². The van der Waals surface area contributed by atoms with Crippen molar-refractivity contribution in [3.8, 4) is 5.75 Å². The quantitative estimate of drug-likeness (QED) is 0.330. The molecule has 1 atom stereocenters. The lowest BCUT2D eigenvalue weighted by Crippen LogP contribution is -2.28. The van der Waals surface area contributed by atoms with Crippen LogP contribution in [0.5, 0.6) is 5.75 Å². The highest BCUT2D eigenvalue weighted by Gasteiger charge is 2.43. The molecule has 30 heavy (non-hydrogen) atoms. The molecule has 0 aliphatic heterocycles. The van der Waals surface area contributed by atoms with E-state index in [0.29, 0.717) is 18.7 Å². The molecule has 3 aromatic rings. The molecule has 0 aliphatic rings. The van der Waals surface area contributed by atoms with Gasteiger partial charge in [0, 0.05) is 30.5 Å². The summed E-state index contributed by atoms with van der Waals surface area (Å²) in [6, 6.07) is 1.71. The summed E-state index contributed by atoms with van der Waals surface area (Å²) >= 11 is 4.07. The minimum Gasteiger partial charge on any atom is -0.467 e. The number of ether oxygens (including phenoxy) is 2. The Balaban J connectivity index is 2.14. The van der Waals surface area contributed by atoms with Crippen LogP contribution >= 0.6 is 12.6 Å². The third-order valence-corrected chi connectivity index (χ3v) is 4.46.